The van der Waals surface area contributed by atoms with Crippen molar-refractivity contribution in [1.82, 2.24) is 24.6 Å². The lowest BCUT2D eigenvalue weighted by atomic mass is 10.0. The van der Waals surface area contributed by atoms with Crippen LogP contribution in [0.15, 0.2) is 103 Å². The van der Waals surface area contributed by atoms with E-state index >= 15 is 0 Å². The largest absolute Gasteiger partial charge is 0.334 e. The van der Waals surface area contributed by atoms with Crippen molar-refractivity contribution >= 4 is 6.03 Å². The van der Waals surface area contributed by atoms with Crippen LogP contribution in [0.25, 0.3) is 11.5 Å². The van der Waals surface area contributed by atoms with Gasteiger partial charge >= 0.3 is 6.03 Å². The fourth-order valence-corrected chi connectivity index (χ4v) is 5.02. The number of para-hydroxylation sites is 1. The smallest absolute Gasteiger partial charge is 0.318 e. The first-order valence-electron chi connectivity index (χ1n) is 12.3. The lowest BCUT2D eigenvalue weighted by Gasteiger charge is -2.31. The number of aromatic nitrogens is 3. The minimum Gasteiger partial charge on any atom is -0.334 e. The molecule has 0 saturated carbocycles. The van der Waals surface area contributed by atoms with Gasteiger partial charge in [-0.25, -0.2) is 13.9 Å². The predicted molar refractivity (Wildman–Crippen MR) is 140 cm³/mol. The number of fused-ring (bicyclic) bond motifs is 3. The molecule has 184 valence electrons. The fourth-order valence-electron chi connectivity index (χ4n) is 5.02. The fraction of sp³-hybridized carbons (Fsp3) is 0.133. The van der Waals surface area contributed by atoms with Crippen LogP contribution in [0.5, 0.6) is 0 Å². The van der Waals surface area contributed by atoms with E-state index in [-0.39, 0.29) is 11.8 Å². The molecule has 5 aromatic rings. The number of nitrogens with zero attached hydrogens (tertiary/aromatic N) is 4. The third-order valence-corrected chi connectivity index (χ3v) is 6.82. The Morgan fingerprint density at radius 1 is 0.946 bits per heavy atom. The van der Waals surface area contributed by atoms with Gasteiger partial charge in [-0.1, -0.05) is 60.7 Å². The Morgan fingerprint density at radius 2 is 1.65 bits per heavy atom. The average molecular weight is 492 g/mol. The van der Waals surface area contributed by atoms with Gasteiger partial charge in [0.1, 0.15) is 11.6 Å². The Kier molecular flexibility index (Phi) is 5.81. The summed E-state index contributed by atoms with van der Waals surface area (Å²) in [5.41, 5.74) is 5.49. The van der Waals surface area contributed by atoms with Crippen molar-refractivity contribution in [3.8, 4) is 11.5 Å². The summed E-state index contributed by atoms with van der Waals surface area (Å²) in [6.45, 7) is 2.72. The van der Waals surface area contributed by atoms with Gasteiger partial charge in [0.25, 0.3) is 0 Å². The molecule has 0 fully saturated rings. The number of benzene rings is 3. The quantitative estimate of drug-likeness (QED) is 0.339. The molecule has 3 aromatic carbocycles. The van der Waals surface area contributed by atoms with E-state index in [1.165, 1.54) is 12.1 Å². The van der Waals surface area contributed by atoms with Crippen molar-refractivity contribution in [3.05, 3.63) is 137 Å². The molecule has 0 radical (unpaired) electrons. The third-order valence-electron chi connectivity index (χ3n) is 6.82. The standard InChI is InChI=1S/C30H26FN5O/c1-21-26-20-35(30(37)32-19-22-9-4-2-5-10-22)28(23-14-16-24(31)17-15-23)27-13-8-18-34(27)29(26)36(33-21)25-11-6-3-7-12-25/h2-18,28H,19-20H2,1H3,(H,32,37). The van der Waals surface area contributed by atoms with Gasteiger partial charge in [-0.05, 0) is 54.4 Å². The Labute approximate surface area is 214 Å². The molecule has 3 heterocycles. The van der Waals surface area contributed by atoms with E-state index < -0.39 is 6.04 Å². The Hall–Kier alpha value is -4.65. The molecule has 0 aliphatic carbocycles. The monoisotopic (exact) mass is 491 g/mol. The first kappa shape index (κ1) is 22.8. The number of aryl methyl sites for hydroxylation is 1. The number of rotatable bonds is 4. The lowest BCUT2D eigenvalue weighted by molar-refractivity contribution is 0.180. The highest BCUT2D eigenvalue weighted by molar-refractivity contribution is 5.76. The van der Waals surface area contributed by atoms with Gasteiger partial charge in [-0.2, -0.15) is 5.10 Å². The van der Waals surface area contributed by atoms with Crippen molar-refractivity contribution in [2.45, 2.75) is 26.1 Å². The van der Waals surface area contributed by atoms with E-state index in [2.05, 4.69) is 9.88 Å². The number of hydrogen-bond acceptors (Lipinski definition) is 2. The molecule has 37 heavy (non-hydrogen) atoms. The van der Waals surface area contributed by atoms with Gasteiger partial charge in [0.2, 0.25) is 0 Å². The maximum absolute atomic E-state index is 13.9. The number of amides is 2. The number of hydrogen-bond donors (Lipinski definition) is 1. The van der Waals surface area contributed by atoms with Gasteiger partial charge in [-0.3, -0.25) is 0 Å². The molecule has 6 rings (SSSR count). The zero-order chi connectivity index (χ0) is 25.4. The number of carbonyl (C=O) groups is 1. The summed E-state index contributed by atoms with van der Waals surface area (Å²) in [6, 6.07) is 29.5. The normalized spacial score (nSPS) is 14.5. The molecule has 0 spiro atoms. The van der Waals surface area contributed by atoms with Crippen LogP contribution < -0.4 is 5.32 Å². The number of nitrogens with one attached hydrogen (secondary N) is 1. The highest BCUT2D eigenvalue weighted by atomic mass is 19.1. The second kappa shape index (κ2) is 9.43. The van der Waals surface area contributed by atoms with E-state index in [0.717, 1.165) is 39.6 Å². The molecule has 6 nitrogen and oxygen atoms in total. The maximum Gasteiger partial charge on any atom is 0.318 e. The lowest BCUT2D eigenvalue weighted by Crippen LogP contribution is -2.41. The third kappa shape index (κ3) is 4.18. The first-order chi connectivity index (χ1) is 18.1. The van der Waals surface area contributed by atoms with E-state index in [1.807, 2.05) is 95.5 Å². The molecule has 1 unspecified atom stereocenters. The van der Waals surface area contributed by atoms with Gasteiger partial charge in [0.15, 0.2) is 0 Å². The number of carbonyl (C=O) groups excluding carboxylic acids is 1. The zero-order valence-corrected chi connectivity index (χ0v) is 20.4. The van der Waals surface area contributed by atoms with Crippen molar-refractivity contribution < 1.29 is 9.18 Å². The highest BCUT2D eigenvalue weighted by Gasteiger charge is 2.35. The van der Waals surface area contributed by atoms with Crippen LogP contribution in [-0.4, -0.2) is 25.3 Å². The molecular weight excluding hydrogens is 465 g/mol. The Bertz CT molecular complexity index is 1540. The zero-order valence-electron chi connectivity index (χ0n) is 20.4. The summed E-state index contributed by atoms with van der Waals surface area (Å²) in [6.07, 6.45) is 2.00. The number of urea groups is 1. The summed E-state index contributed by atoms with van der Waals surface area (Å²) in [4.78, 5) is 15.6. The number of halogens is 1. The Morgan fingerprint density at radius 3 is 2.38 bits per heavy atom. The minimum absolute atomic E-state index is 0.203. The van der Waals surface area contributed by atoms with Gasteiger partial charge < -0.3 is 14.8 Å². The summed E-state index contributed by atoms with van der Waals surface area (Å²) >= 11 is 0. The molecule has 0 saturated heterocycles. The van der Waals surface area contributed by atoms with Crippen LogP contribution in [0.1, 0.15) is 34.1 Å². The first-order valence-corrected chi connectivity index (χ1v) is 12.3. The van der Waals surface area contributed by atoms with Crippen LogP contribution in [-0.2, 0) is 13.1 Å². The Balaban J connectivity index is 1.49. The van der Waals surface area contributed by atoms with E-state index in [4.69, 9.17) is 5.10 Å². The van der Waals surface area contributed by atoms with E-state index in [9.17, 15) is 9.18 Å². The van der Waals surface area contributed by atoms with Crippen molar-refractivity contribution in [1.29, 1.82) is 0 Å². The topological polar surface area (TPSA) is 55.1 Å². The van der Waals surface area contributed by atoms with Crippen LogP contribution in [0.2, 0.25) is 0 Å². The molecule has 1 atom stereocenters. The minimum atomic E-state index is -0.428. The van der Waals surface area contributed by atoms with Crippen LogP contribution in [0, 0.1) is 12.7 Å². The van der Waals surface area contributed by atoms with Gasteiger partial charge in [0.05, 0.1) is 29.7 Å². The van der Waals surface area contributed by atoms with Crippen molar-refractivity contribution in [3.63, 3.8) is 0 Å². The van der Waals surface area contributed by atoms with Gasteiger partial charge in [-0.15, -0.1) is 0 Å². The van der Waals surface area contributed by atoms with Crippen LogP contribution >= 0.6 is 0 Å². The highest BCUT2D eigenvalue weighted by Crippen LogP contribution is 2.38. The molecule has 0 bridgehead atoms. The van der Waals surface area contributed by atoms with Gasteiger partial charge in [0, 0.05) is 18.3 Å². The average Bonchev–Trinajstić information content (AvgIpc) is 3.49. The van der Waals surface area contributed by atoms with Crippen molar-refractivity contribution in [2.24, 2.45) is 0 Å². The molecule has 2 amide bonds. The van der Waals surface area contributed by atoms with E-state index in [1.54, 1.807) is 12.1 Å². The van der Waals surface area contributed by atoms with Crippen molar-refractivity contribution in [2.75, 3.05) is 0 Å². The SMILES string of the molecule is Cc1nn(-c2ccccc2)c2c1CN(C(=O)NCc1ccccc1)C(c1ccc(F)cc1)c1cccn1-2. The second-order valence-electron chi connectivity index (χ2n) is 9.16. The molecule has 1 aliphatic heterocycles. The van der Waals surface area contributed by atoms with Crippen LogP contribution in [0.3, 0.4) is 0 Å². The summed E-state index contributed by atoms with van der Waals surface area (Å²) < 4.78 is 17.9. The molecule has 7 heteroatoms. The maximum atomic E-state index is 13.9. The summed E-state index contributed by atoms with van der Waals surface area (Å²) in [5, 5.41) is 7.96. The predicted octanol–water partition coefficient (Wildman–Crippen LogP) is 5.93. The molecule has 2 aromatic heterocycles. The summed E-state index contributed by atoms with van der Waals surface area (Å²) in [5.74, 6) is 0.584. The van der Waals surface area contributed by atoms with Crippen LogP contribution in [0.4, 0.5) is 9.18 Å². The second-order valence-corrected chi connectivity index (χ2v) is 9.16. The molecule has 1 aliphatic rings. The molecular formula is C30H26FN5O. The molecule has 1 N–H and O–H groups in total. The summed E-state index contributed by atoms with van der Waals surface area (Å²) in [7, 11) is 0. The van der Waals surface area contributed by atoms with E-state index in [0.29, 0.717) is 13.1 Å².